The minimum Gasteiger partial charge on any atom is -0.486 e. The van der Waals surface area contributed by atoms with Crippen LogP contribution in [0.3, 0.4) is 0 Å². The van der Waals surface area contributed by atoms with Crippen LogP contribution in [0, 0.1) is 0 Å². The fraction of sp³-hybridized carbons (Fsp3) is 0.238. The van der Waals surface area contributed by atoms with Crippen molar-refractivity contribution in [1.82, 2.24) is 15.3 Å². The van der Waals surface area contributed by atoms with Gasteiger partial charge in [-0.25, -0.2) is 9.97 Å². The van der Waals surface area contributed by atoms with E-state index in [2.05, 4.69) is 32.7 Å². The van der Waals surface area contributed by atoms with E-state index in [9.17, 15) is 0 Å². The molecule has 0 fully saturated rings. The maximum absolute atomic E-state index is 6.32. The van der Waals surface area contributed by atoms with Gasteiger partial charge in [0.1, 0.15) is 11.9 Å². The highest BCUT2D eigenvalue weighted by Gasteiger charge is 2.13. The predicted molar refractivity (Wildman–Crippen MR) is 105 cm³/mol. The second-order valence-electron chi connectivity index (χ2n) is 5.95. The Morgan fingerprint density at radius 1 is 1.00 bits per heavy atom. The number of nitrogens with one attached hydrogen (secondary N) is 2. The van der Waals surface area contributed by atoms with E-state index < -0.39 is 0 Å². The molecule has 0 aliphatic heterocycles. The first kappa shape index (κ1) is 17.9. The molecule has 0 bridgehead atoms. The largest absolute Gasteiger partial charge is 0.486 e. The Labute approximate surface area is 154 Å². The normalized spacial score (nSPS) is 11.8. The van der Waals surface area contributed by atoms with Crippen LogP contribution in [0.25, 0.3) is 11.3 Å². The summed E-state index contributed by atoms with van der Waals surface area (Å²) in [5.74, 6) is 1.43. The van der Waals surface area contributed by atoms with Crippen LogP contribution in [0.1, 0.15) is 18.1 Å². The van der Waals surface area contributed by atoms with Crippen molar-refractivity contribution in [3.05, 3.63) is 72.4 Å². The highest BCUT2D eigenvalue weighted by Crippen LogP contribution is 2.28. The molecule has 2 N–H and O–H groups in total. The van der Waals surface area contributed by atoms with Gasteiger partial charge in [-0.3, -0.25) is 0 Å². The third kappa shape index (κ3) is 4.58. The van der Waals surface area contributed by atoms with Crippen LogP contribution in [0.5, 0.6) is 5.75 Å². The van der Waals surface area contributed by atoms with Crippen molar-refractivity contribution in [2.75, 3.05) is 26.0 Å². The average molecular weight is 348 g/mol. The van der Waals surface area contributed by atoms with Gasteiger partial charge in [0.2, 0.25) is 5.95 Å². The number of hydrogen-bond acceptors (Lipinski definition) is 5. The molecule has 1 heterocycles. The number of benzene rings is 2. The maximum atomic E-state index is 6.32. The van der Waals surface area contributed by atoms with Crippen LogP contribution in [-0.4, -0.2) is 30.6 Å². The Kier molecular flexibility index (Phi) is 6.17. The molecular formula is C21H24N4O. The number of aromatic nitrogens is 2. The Balaban J connectivity index is 1.83. The van der Waals surface area contributed by atoms with E-state index in [1.807, 2.05) is 62.6 Å². The minimum absolute atomic E-state index is 0.00262. The highest BCUT2D eigenvalue weighted by atomic mass is 16.5. The average Bonchev–Trinajstić information content (AvgIpc) is 2.72. The van der Waals surface area contributed by atoms with E-state index >= 15 is 0 Å². The number of anilines is 1. The second-order valence-corrected chi connectivity index (χ2v) is 5.95. The molecule has 0 aliphatic rings. The van der Waals surface area contributed by atoms with Crippen molar-refractivity contribution in [2.24, 2.45) is 0 Å². The summed E-state index contributed by atoms with van der Waals surface area (Å²) in [5.41, 5.74) is 3.04. The SMILES string of the molecule is CNCC[C@H](Oc1cccc(-c2ccnc(NC)n2)c1)c1ccccc1. The zero-order valence-corrected chi connectivity index (χ0v) is 15.1. The lowest BCUT2D eigenvalue weighted by Crippen LogP contribution is -2.16. The van der Waals surface area contributed by atoms with E-state index in [-0.39, 0.29) is 6.10 Å². The molecule has 3 aromatic rings. The quantitative estimate of drug-likeness (QED) is 0.646. The molecule has 0 saturated carbocycles. The Bertz CT molecular complexity index is 823. The van der Waals surface area contributed by atoms with E-state index in [0.29, 0.717) is 5.95 Å². The van der Waals surface area contributed by atoms with Gasteiger partial charge in [-0.05, 0) is 37.4 Å². The van der Waals surface area contributed by atoms with E-state index in [4.69, 9.17) is 4.74 Å². The number of hydrogen-bond donors (Lipinski definition) is 2. The Hall–Kier alpha value is -2.92. The predicted octanol–water partition coefficient (Wildman–Crippen LogP) is 3.91. The van der Waals surface area contributed by atoms with Crippen LogP contribution in [0.2, 0.25) is 0 Å². The third-order valence-corrected chi connectivity index (χ3v) is 4.12. The fourth-order valence-electron chi connectivity index (χ4n) is 2.77. The smallest absolute Gasteiger partial charge is 0.222 e. The van der Waals surface area contributed by atoms with Crippen molar-refractivity contribution in [3.8, 4) is 17.0 Å². The van der Waals surface area contributed by atoms with Gasteiger partial charge in [-0.15, -0.1) is 0 Å². The van der Waals surface area contributed by atoms with Crippen LogP contribution in [-0.2, 0) is 0 Å². The summed E-state index contributed by atoms with van der Waals surface area (Å²) >= 11 is 0. The number of nitrogens with zero attached hydrogens (tertiary/aromatic N) is 2. The summed E-state index contributed by atoms with van der Waals surface area (Å²) in [5, 5.41) is 6.17. The van der Waals surface area contributed by atoms with Gasteiger partial charge in [-0.1, -0.05) is 42.5 Å². The molecule has 134 valence electrons. The highest BCUT2D eigenvalue weighted by molar-refractivity contribution is 5.62. The van der Waals surface area contributed by atoms with E-state index in [1.165, 1.54) is 5.56 Å². The number of ether oxygens (including phenoxy) is 1. The van der Waals surface area contributed by atoms with Gasteiger partial charge >= 0.3 is 0 Å². The van der Waals surface area contributed by atoms with E-state index in [1.54, 1.807) is 6.20 Å². The van der Waals surface area contributed by atoms with Crippen LogP contribution >= 0.6 is 0 Å². The van der Waals surface area contributed by atoms with Crippen LogP contribution in [0.4, 0.5) is 5.95 Å². The molecule has 0 saturated heterocycles. The van der Waals surface area contributed by atoms with Crippen molar-refractivity contribution in [2.45, 2.75) is 12.5 Å². The fourth-order valence-corrected chi connectivity index (χ4v) is 2.77. The van der Waals surface area contributed by atoms with E-state index in [0.717, 1.165) is 30.0 Å². The molecule has 1 aromatic heterocycles. The lowest BCUT2D eigenvalue weighted by Gasteiger charge is -2.20. The molecule has 0 radical (unpaired) electrons. The molecule has 0 aliphatic carbocycles. The molecule has 5 heteroatoms. The van der Waals surface area contributed by atoms with Crippen molar-refractivity contribution < 1.29 is 4.74 Å². The summed E-state index contributed by atoms with van der Waals surface area (Å²) < 4.78 is 6.32. The molecule has 0 unspecified atom stereocenters. The van der Waals surface area contributed by atoms with Gasteiger partial charge in [0.05, 0.1) is 5.69 Å². The maximum Gasteiger partial charge on any atom is 0.222 e. The molecule has 1 atom stereocenters. The first-order valence-corrected chi connectivity index (χ1v) is 8.77. The van der Waals surface area contributed by atoms with Crippen molar-refractivity contribution >= 4 is 5.95 Å². The summed E-state index contributed by atoms with van der Waals surface area (Å²) in [6.07, 6.45) is 2.64. The first-order valence-electron chi connectivity index (χ1n) is 8.77. The topological polar surface area (TPSA) is 59.1 Å². The van der Waals surface area contributed by atoms with Crippen molar-refractivity contribution in [1.29, 1.82) is 0 Å². The Morgan fingerprint density at radius 2 is 1.85 bits per heavy atom. The lowest BCUT2D eigenvalue weighted by molar-refractivity contribution is 0.195. The van der Waals surface area contributed by atoms with Gasteiger partial charge in [0.15, 0.2) is 0 Å². The minimum atomic E-state index is -0.00262. The molecule has 2 aromatic carbocycles. The first-order chi connectivity index (χ1) is 12.8. The van der Waals surface area contributed by atoms with Crippen LogP contribution < -0.4 is 15.4 Å². The molecular weight excluding hydrogens is 324 g/mol. The van der Waals surface area contributed by atoms with Gasteiger partial charge in [-0.2, -0.15) is 0 Å². The molecule has 26 heavy (non-hydrogen) atoms. The second kappa shape index (κ2) is 8.97. The number of rotatable bonds is 8. The molecule has 3 rings (SSSR count). The molecule has 0 amide bonds. The monoisotopic (exact) mass is 348 g/mol. The summed E-state index contributed by atoms with van der Waals surface area (Å²) in [7, 11) is 3.77. The van der Waals surface area contributed by atoms with Gasteiger partial charge in [0.25, 0.3) is 0 Å². The summed E-state index contributed by atoms with van der Waals surface area (Å²) in [6.45, 7) is 0.886. The lowest BCUT2D eigenvalue weighted by atomic mass is 10.1. The Morgan fingerprint density at radius 3 is 2.62 bits per heavy atom. The van der Waals surface area contributed by atoms with Crippen molar-refractivity contribution in [3.63, 3.8) is 0 Å². The molecule has 5 nitrogen and oxygen atoms in total. The zero-order valence-electron chi connectivity index (χ0n) is 15.1. The standard InChI is InChI=1S/C21H24N4O/c1-22-13-12-20(16-7-4-3-5-8-16)26-18-10-6-9-17(15-18)19-11-14-24-21(23-2)25-19/h3-11,14-15,20,22H,12-13H2,1-2H3,(H,23,24,25)/t20-/m0/s1. The van der Waals surface area contributed by atoms with Gasteiger partial charge in [0, 0.05) is 25.2 Å². The summed E-state index contributed by atoms with van der Waals surface area (Å²) in [6, 6.07) is 20.2. The summed E-state index contributed by atoms with van der Waals surface area (Å²) in [4.78, 5) is 8.67. The van der Waals surface area contributed by atoms with Gasteiger partial charge < -0.3 is 15.4 Å². The third-order valence-electron chi connectivity index (χ3n) is 4.12. The zero-order chi connectivity index (χ0) is 18.2. The van der Waals surface area contributed by atoms with Crippen LogP contribution in [0.15, 0.2) is 66.9 Å². The molecule has 0 spiro atoms.